The quantitative estimate of drug-likeness (QED) is 0.129. The third-order valence-corrected chi connectivity index (χ3v) is 15.4. The Kier molecular flexibility index (Phi) is 10.1. The Labute approximate surface area is 333 Å². The van der Waals surface area contributed by atoms with E-state index in [1.807, 2.05) is 24.3 Å². The number of hydrogen-bond acceptors (Lipinski definition) is 8. The number of rotatable bonds is 11. The van der Waals surface area contributed by atoms with Crippen molar-refractivity contribution < 1.29 is 18.7 Å². The van der Waals surface area contributed by atoms with Crippen molar-refractivity contribution in [3.8, 4) is 0 Å². The van der Waals surface area contributed by atoms with Crippen LogP contribution in [0.3, 0.4) is 0 Å². The van der Waals surface area contributed by atoms with Crippen LogP contribution in [0.1, 0.15) is 133 Å². The lowest BCUT2D eigenvalue weighted by Crippen LogP contribution is -2.54. The summed E-state index contributed by atoms with van der Waals surface area (Å²) in [5.74, 6) is 3.09. The fourth-order valence-corrected chi connectivity index (χ4v) is 12.4. The largest absolute Gasteiger partial charge is 0.378 e. The molecule has 302 valence electrons. The average Bonchev–Trinajstić information content (AvgIpc) is 3.77. The number of fused-ring (bicyclic) bond motifs is 5. The topological polar surface area (TPSA) is 144 Å². The van der Waals surface area contributed by atoms with Crippen LogP contribution in [0, 0.1) is 40.3 Å². The summed E-state index contributed by atoms with van der Waals surface area (Å²) >= 11 is 0. The number of unbranched alkanes of at least 4 members (excludes halogenated alkanes) is 3. The molecule has 0 spiro atoms. The number of hydrogen-bond donors (Lipinski definition) is 3. The molecule has 4 saturated carbocycles. The summed E-state index contributed by atoms with van der Waals surface area (Å²) in [6.07, 6.45) is 16.4. The fraction of sp³-hybridized carbons (Fsp3) is 0.600. The van der Waals surface area contributed by atoms with Gasteiger partial charge in [0.05, 0.1) is 29.1 Å². The highest BCUT2D eigenvalue weighted by molar-refractivity contribution is 5.97. The van der Waals surface area contributed by atoms with Gasteiger partial charge in [0.2, 0.25) is 5.91 Å². The molecular weight excluding hydrogens is 722 g/mol. The Hall–Kier alpha value is -4.45. The SMILES string of the molecule is Cn1ncnc1[C@H]1c2n[nH]c(=O)c3cc(F)cc(c23)N[C@@H]1c1ccc(NC(=O)CCCCCCO[C@H]2CC[C@H]3[C@@H]4CC[C@H]5CC(=O)CC[C@]5(C)[C@H]4CC[C@]23C)cc1. The van der Waals surface area contributed by atoms with Gasteiger partial charge < -0.3 is 15.4 Å². The van der Waals surface area contributed by atoms with Crippen molar-refractivity contribution in [2.24, 2.45) is 41.5 Å². The number of aromatic nitrogens is 5. The maximum absolute atomic E-state index is 14.6. The molecule has 3 heterocycles. The molecule has 5 aliphatic rings. The van der Waals surface area contributed by atoms with E-state index < -0.39 is 23.3 Å². The van der Waals surface area contributed by atoms with Crippen LogP contribution in [0.25, 0.3) is 10.8 Å². The number of aromatic amines is 1. The highest BCUT2D eigenvalue weighted by atomic mass is 19.1. The molecule has 9 rings (SSSR count). The summed E-state index contributed by atoms with van der Waals surface area (Å²) in [5.41, 5.74) is 2.82. The molecule has 0 unspecified atom stereocenters. The Bertz CT molecular complexity index is 2220. The van der Waals surface area contributed by atoms with E-state index in [-0.39, 0.29) is 16.7 Å². The van der Waals surface area contributed by atoms with Gasteiger partial charge in [-0.2, -0.15) is 10.2 Å². The number of nitrogens with zero attached hydrogens (tertiary/aromatic N) is 4. The maximum Gasteiger partial charge on any atom is 0.272 e. The summed E-state index contributed by atoms with van der Waals surface area (Å²) in [6.45, 7) is 5.83. The van der Waals surface area contributed by atoms with Gasteiger partial charge in [0.1, 0.15) is 23.8 Å². The van der Waals surface area contributed by atoms with E-state index in [2.05, 4.69) is 44.8 Å². The lowest BCUT2D eigenvalue weighted by Gasteiger charge is -2.60. The van der Waals surface area contributed by atoms with Crippen molar-refractivity contribution >= 4 is 33.8 Å². The lowest BCUT2D eigenvalue weighted by atomic mass is 9.45. The van der Waals surface area contributed by atoms with E-state index in [0.29, 0.717) is 57.9 Å². The summed E-state index contributed by atoms with van der Waals surface area (Å²) in [6, 6.07) is 9.84. The molecule has 0 radical (unpaired) electrons. The standard InChI is InChI=1S/C45H56FN7O4/c1-44-19-17-30(54)22-27(44)11-14-31-33-15-16-36(45(33,2)20-18-34(31)44)57-21-7-5-4-6-8-37(55)49-29-12-9-26(10-13-29)40-39(42-47-25-48-53(42)3)41-38-32(43(56)52-51-41)23-28(46)24-35(38)50-40/h9-10,12-13,23-25,27,31,33-34,36,39-40,50H,4-8,11,14-22H2,1-3H3,(H,49,55)(H,52,56)/t27-,31-,33-,34-,36-,39+,40+,44-,45-/m0/s1. The summed E-state index contributed by atoms with van der Waals surface area (Å²) in [4.78, 5) is 42.3. The van der Waals surface area contributed by atoms with Crippen molar-refractivity contribution in [1.82, 2.24) is 25.0 Å². The van der Waals surface area contributed by atoms with Gasteiger partial charge in [-0.3, -0.25) is 19.1 Å². The Morgan fingerprint density at radius 1 is 0.982 bits per heavy atom. The predicted molar refractivity (Wildman–Crippen MR) is 216 cm³/mol. The van der Waals surface area contributed by atoms with Crippen LogP contribution in [-0.2, 0) is 21.4 Å². The van der Waals surface area contributed by atoms with Crippen LogP contribution >= 0.6 is 0 Å². The molecule has 57 heavy (non-hydrogen) atoms. The van der Waals surface area contributed by atoms with Gasteiger partial charge >= 0.3 is 0 Å². The summed E-state index contributed by atoms with van der Waals surface area (Å²) in [5, 5.41) is 18.5. The molecule has 0 saturated heterocycles. The van der Waals surface area contributed by atoms with Crippen LogP contribution in [-0.4, -0.2) is 49.4 Å². The number of ketones is 1. The van der Waals surface area contributed by atoms with E-state index in [0.717, 1.165) is 74.9 Å². The summed E-state index contributed by atoms with van der Waals surface area (Å²) < 4.78 is 23.0. The Morgan fingerprint density at radius 3 is 2.60 bits per heavy atom. The molecule has 2 aromatic carbocycles. The van der Waals surface area contributed by atoms with Crippen molar-refractivity contribution in [3.05, 3.63) is 76.0 Å². The van der Waals surface area contributed by atoms with E-state index in [1.165, 1.54) is 57.0 Å². The van der Waals surface area contributed by atoms with Gasteiger partial charge in [-0.25, -0.2) is 14.5 Å². The first-order valence-corrected chi connectivity index (χ1v) is 21.4. The molecule has 4 aromatic rings. The number of carbonyl (C=O) groups excluding carboxylic acids is 2. The zero-order valence-electron chi connectivity index (χ0n) is 33.5. The first-order chi connectivity index (χ1) is 27.5. The number of benzene rings is 2. The number of halogens is 1. The molecule has 4 fully saturated rings. The fourth-order valence-electron chi connectivity index (χ4n) is 12.4. The summed E-state index contributed by atoms with van der Waals surface area (Å²) in [7, 11) is 1.80. The van der Waals surface area contributed by atoms with Crippen LogP contribution < -0.4 is 16.2 Å². The van der Waals surface area contributed by atoms with E-state index >= 15 is 0 Å². The van der Waals surface area contributed by atoms with Crippen molar-refractivity contribution in [2.75, 3.05) is 17.2 Å². The highest BCUT2D eigenvalue weighted by Crippen LogP contribution is 2.66. The molecule has 2 aromatic heterocycles. The van der Waals surface area contributed by atoms with Crippen LogP contribution in [0.5, 0.6) is 0 Å². The first kappa shape index (κ1) is 38.1. The molecule has 1 aliphatic heterocycles. The first-order valence-electron chi connectivity index (χ1n) is 21.4. The molecule has 12 heteroatoms. The van der Waals surface area contributed by atoms with Crippen molar-refractivity contribution in [2.45, 2.75) is 122 Å². The number of nitrogens with one attached hydrogen (secondary N) is 3. The van der Waals surface area contributed by atoms with Gasteiger partial charge in [0.15, 0.2) is 0 Å². The van der Waals surface area contributed by atoms with E-state index in [1.54, 1.807) is 11.7 Å². The molecule has 4 aliphatic carbocycles. The number of carbonyl (C=O) groups is 2. The van der Waals surface area contributed by atoms with Crippen molar-refractivity contribution in [1.29, 1.82) is 0 Å². The third-order valence-electron chi connectivity index (χ3n) is 15.4. The van der Waals surface area contributed by atoms with Gasteiger partial charge in [0, 0.05) is 49.7 Å². The van der Waals surface area contributed by atoms with Crippen LogP contribution in [0.2, 0.25) is 0 Å². The van der Waals surface area contributed by atoms with Crippen LogP contribution in [0.4, 0.5) is 15.8 Å². The second kappa shape index (κ2) is 15.1. The average molecular weight is 778 g/mol. The maximum atomic E-state index is 14.6. The highest BCUT2D eigenvalue weighted by Gasteiger charge is 2.60. The monoisotopic (exact) mass is 777 g/mol. The van der Waals surface area contributed by atoms with E-state index in [9.17, 15) is 18.8 Å². The smallest absolute Gasteiger partial charge is 0.272 e. The normalized spacial score (nSPS) is 31.6. The molecular formula is C45H56FN7O4. The minimum Gasteiger partial charge on any atom is -0.378 e. The van der Waals surface area contributed by atoms with Crippen LogP contribution in [0.15, 0.2) is 47.5 Å². The van der Waals surface area contributed by atoms with Gasteiger partial charge in [-0.05, 0) is 122 Å². The second-order valence-corrected chi connectivity index (χ2v) is 18.4. The number of amides is 1. The number of H-pyrrole nitrogens is 1. The molecule has 0 bridgehead atoms. The Balaban J connectivity index is 0.744. The molecule has 11 nitrogen and oxygen atoms in total. The minimum absolute atomic E-state index is 0.0146. The lowest BCUT2D eigenvalue weighted by molar-refractivity contribution is -0.145. The molecule has 9 atom stereocenters. The Morgan fingerprint density at radius 2 is 1.79 bits per heavy atom. The number of aryl methyl sites for hydroxylation is 1. The number of ether oxygens (including phenoxy) is 1. The third kappa shape index (κ3) is 6.79. The second-order valence-electron chi connectivity index (χ2n) is 18.4. The molecule has 3 N–H and O–H groups in total. The number of Topliss-reactive ketones (excluding diaryl/α,β-unsaturated/α-hetero) is 1. The van der Waals surface area contributed by atoms with Gasteiger partial charge in [-0.1, -0.05) is 38.8 Å². The minimum atomic E-state index is -0.517. The molecule has 1 amide bonds. The zero-order valence-corrected chi connectivity index (χ0v) is 33.5. The zero-order chi connectivity index (χ0) is 39.5. The number of anilines is 2. The predicted octanol–water partition coefficient (Wildman–Crippen LogP) is 8.38. The van der Waals surface area contributed by atoms with Gasteiger partial charge in [0.25, 0.3) is 5.56 Å². The van der Waals surface area contributed by atoms with Crippen molar-refractivity contribution in [3.63, 3.8) is 0 Å². The van der Waals surface area contributed by atoms with E-state index in [4.69, 9.17) is 4.74 Å². The van der Waals surface area contributed by atoms with Gasteiger partial charge in [-0.15, -0.1) is 0 Å².